The number of carbonyl (C=O) groups is 1. The van der Waals surface area contributed by atoms with Crippen LogP contribution < -0.4 is 4.74 Å². The van der Waals surface area contributed by atoms with Crippen LogP contribution in [0.1, 0.15) is 22.8 Å². The van der Waals surface area contributed by atoms with Crippen molar-refractivity contribution in [2.75, 3.05) is 6.61 Å². The van der Waals surface area contributed by atoms with E-state index in [1.165, 1.54) is 6.92 Å². The van der Waals surface area contributed by atoms with Gasteiger partial charge >= 0.3 is 0 Å². The quantitative estimate of drug-likeness (QED) is 0.835. The average molecular weight is 256 g/mol. The van der Waals surface area contributed by atoms with Gasteiger partial charge in [-0.05, 0) is 37.1 Å². The van der Waals surface area contributed by atoms with Gasteiger partial charge in [-0.2, -0.15) is 0 Å². The van der Waals surface area contributed by atoms with Gasteiger partial charge in [0.25, 0.3) is 0 Å². The number of Topliss-reactive ketones (excluding diaryl/α,β-unsaturated/α-hetero) is 1. The summed E-state index contributed by atoms with van der Waals surface area (Å²) in [5.41, 5.74) is 1.57. The third-order valence-corrected chi connectivity index (χ3v) is 2.82. The zero-order valence-electron chi connectivity index (χ0n) is 10.8. The molecule has 0 saturated carbocycles. The molecule has 0 aliphatic rings. The summed E-state index contributed by atoms with van der Waals surface area (Å²) in [4.78, 5) is 11.3. The minimum Gasteiger partial charge on any atom is -0.457 e. The summed E-state index contributed by atoms with van der Waals surface area (Å²) in [7, 11) is 0. The second-order valence-corrected chi connectivity index (χ2v) is 4.27. The lowest BCUT2D eigenvalue weighted by molar-refractivity contribution is 0.101. The summed E-state index contributed by atoms with van der Waals surface area (Å²) in [5.74, 6) is 1.34. The lowest BCUT2D eigenvalue weighted by atomic mass is 10.1. The van der Waals surface area contributed by atoms with Crippen molar-refractivity contribution in [2.24, 2.45) is 0 Å². The van der Waals surface area contributed by atoms with Gasteiger partial charge in [0, 0.05) is 12.2 Å². The van der Waals surface area contributed by atoms with E-state index in [1.807, 2.05) is 30.3 Å². The smallest absolute Gasteiger partial charge is 0.159 e. The molecule has 2 rings (SSSR count). The molecule has 1 N–H and O–H groups in total. The number of benzene rings is 2. The highest BCUT2D eigenvalue weighted by Crippen LogP contribution is 2.26. The molecule has 98 valence electrons. The van der Waals surface area contributed by atoms with Crippen LogP contribution in [-0.2, 0) is 6.42 Å². The number of aliphatic hydroxyl groups excluding tert-OH is 1. The first-order valence-corrected chi connectivity index (χ1v) is 6.18. The predicted octanol–water partition coefficient (Wildman–Crippen LogP) is 3.22. The lowest BCUT2D eigenvalue weighted by Gasteiger charge is -2.10. The summed E-state index contributed by atoms with van der Waals surface area (Å²) in [6.45, 7) is 1.60. The number of hydrogen-bond acceptors (Lipinski definition) is 3. The molecule has 0 fully saturated rings. The molecule has 0 heterocycles. The zero-order valence-corrected chi connectivity index (χ0v) is 10.8. The van der Waals surface area contributed by atoms with Gasteiger partial charge in [-0.15, -0.1) is 0 Å². The zero-order chi connectivity index (χ0) is 13.7. The molecular weight excluding hydrogens is 240 g/mol. The minimum absolute atomic E-state index is 0.00842. The molecule has 2 aromatic carbocycles. The Balaban J connectivity index is 2.26. The Hall–Kier alpha value is -2.13. The van der Waals surface area contributed by atoms with E-state index in [9.17, 15) is 4.79 Å². The SMILES string of the molecule is CC(=O)c1cccc(Oc2ccccc2CCO)c1. The average Bonchev–Trinajstić information content (AvgIpc) is 2.41. The van der Waals surface area contributed by atoms with Crippen LogP contribution in [-0.4, -0.2) is 17.5 Å². The second kappa shape index (κ2) is 6.16. The Bertz CT molecular complexity index is 576. The normalized spacial score (nSPS) is 10.2. The largest absolute Gasteiger partial charge is 0.457 e. The molecule has 0 saturated heterocycles. The topological polar surface area (TPSA) is 46.5 Å². The van der Waals surface area contributed by atoms with Crippen molar-refractivity contribution in [1.29, 1.82) is 0 Å². The second-order valence-electron chi connectivity index (χ2n) is 4.27. The van der Waals surface area contributed by atoms with Crippen LogP contribution in [0.15, 0.2) is 48.5 Å². The standard InChI is InChI=1S/C16H16O3/c1-12(18)14-6-4-7-15(11-14)19-16-8-3-2-5-13(16)9-10-17/h2-8,11,17H,9-10H2,1H3. The molecule has 0 atom stereocenters. The van der Waals surface area contributed by atoms with E-state index >= 15 is 0 Å². The molecule has 3 nitrogen and oxygen atoms in total. The number of para-hydroxylation sites is 1. The molecule has 0 radical (unpaired) electrons. The van der Waals surface area contributed by atoms with Crippen molar-refractivity contribution in [2.45, 2.75) is 13.3 Å². The van der Waals surface area contributed by atoms with E-state index in [0.29, 0.717) is 23.5 Å². The molecule has 3 heteroatoms. The van der Waals surface area contributed by atoms with Gasteiger partial charge in [0.1, 0.15) is 11.5 Å². The highest BCUT2D eigenvalue weighted by molar-refractivity contribution is 5.94. The first kappa shape index (κ1) is 13.3. The Morgan fingerprint density at radius 3 is 2.68 bits per heavy atom. The van der Waals surface area contributed by atoms with E-state index in [1.54, 1.807) is 18.2 Å². The van der Waals surface area contributed by atoms with Gasteiger partial charge in [-0.1, -0.05) is 30.3 Å². The van der Waals surface area contributed by atoms with Gasteiger partial charge in [0.05, 0.1) is 0 Å². The van der Waals surface area contributed by atoms with E-state index in [2.05, 4.69) is 0 Å². The molecule has 0 aliphatic heterocycles. The maximum atomic E-state index is 11.3. The van der Waals surface area contributed by atoms with E-state index in [-0.39, 0.29) is 12.4 Å². The van der Waals surface area contributed by atoms with Crippen LogP contribution in [0.4, 0.5) is 0 Å². The minimum atomic E-state index is 0.00842. The van der Waals surface area contributed by atoms with E-state index in [0.717, 1.165) is 5.56 Å². The Kier molecular flexibility index (Phi) is 4.31. The van der Waals surface area contributed by atoms with Gasteiger partial charge < -0.3 is 9.84 Å². The fourth-order valence-corrected chi connectivity index (χ4v) is 1.84. The summed E-state index contributed by atoms with van der Waals surface area (Å²) in [6.07, 6.45) is 0.544. The first-order valence-electron chi connectivity index (χ1n) is 6.18. The lowest BCUT2D eigenvalue weighted by Crippen LogP contribution is -1.96. The van der Waals surface area contributed by atoms with Crippen LogP contribution in [0.25, 0.3) is 0 Å². The maximum absolute atomic E-state index is 11.3. The van der Waals surface area contributed by atoms with Crippen LogP contribution in [0, 0.1) is 0 Å². The molecule has 2 aromatic rings. The monoisotopic (exact) mass is 256 g/mol. The van der Waals surface area contributed by atoms with Crippen LogP contribution in [0.2, 0.25) is 0 Å². The Morgan fingerprint density at radius 2 is 1.95 bits per heavy atom. The van der Waals surface area contributed by atoms with Gasteiger partial charge in [-0.25, -0.2) is 0 Å². The number of carbonyl (C=O) groups excluding carboxylic acids is 1. The highest BCUT2D eigenvalue weighted by atomic mass is 16.5. The van der Waals surface area contributed by atoms with Crippen LogP contribution in [0.5, 0.6) is 11.5 Å². The highest BCUT2D eigenvalue weighted by Gasteiger charge is 2.06. The predicted molar refractivity (Wildman–Crippen MR) is 73.8 cm³/mol. The van der Waals surface area contributed by atoms with E-state index in [4.69, 9.17) is 9.84 Å². The van der Waals surface area contributed by atoms with Gasteiger partial charge in [0.2, 0.25) is 0 Å². The van der Waals surface area contributed by atoms with Crippen molar-refractivity contribution in [3.8, 4) is 11.5 Å². The number of ether oxygens (including phenoxy) is 1. The molecule has 0 aliphatic carbocycles. The van der Waals surface area contributed by atoms with Crippen LogP contribution in [0.3, 0.4) is 0 Å². The molecule has 0 aromatic heterocycles. The van der Waals surface area contributed by atoms with Crippen molar-refractivity contribution in [3.05, 3.63) is 59.7 Å². The first-order chi connectivity index (χ1) is 9.20. The summed E-state index contributed by atoms with van der Waals surface area (Å²) >= 11 is 0. The van der Waals surface area contributed by atoms with Crippen molar-refractivity contribution in [3.63, 3.8) is 0 Å². The number of hydrogen-bond donors (Lipinski definition) is 1. The molecule has 0 spiro atoms. The molecule has 19 heavy (non-hydrogen) atoms. The molecule has 0 amide bonds. The third kappa shape index (κ3) is 3.42. The fraction of sp³-hybridized carbons (Fsp3) is 0.188. The van der Waals surface area contributed by atoms with Crippen molar-refractivity contribution in [1.82, 2.24) is 0 Å². The number of aliphatic hydroxyl groups is 1. The Labute approximate surface area is 112 Å². The van der Waals surface area contributed by atoms with E-state index < -0.39 is 0 Å². The summed E-state index contributed by atoms with van der Waals surface area (Å²) in [6, 6.07) is 14.6. The van der Waals surface area contributed by atoms with Gasteiger partial charge in [-0.3, -0.25) is 4.79 Å². The molecular formula is C16H16O3. The molecule has 0 bridgehead atoms. The van der Waals surface area contributed by atoms with Crippen LogP contribution >= 0.6 is 0 Å². The Morgan fingerprint density at radius 1 is 1.16 bits per heavy atom. The number of rotatable bonds is 5. The van der Waals surface area contributed by atoms with Gasteiger partial charge in [0.15, 0.2) is 5.78 Å². The third-order valence-electron chi connectivity index (χ3n) is 2.82. The van der Waals surface area contributed by atoms with Crippen molar-refractivity contribution >= 4 is 5.78 Å². The van der Waals surface area contributed by atoms with Crippen molar-refractivity contribution < 1.29 is 14.6 Å². The fourth-order valence-electron chi connectivity index (χ4n) is 1.84. The summed E-state index contributed by atoms with van der Waals surface area (Å²) in [5, 5.41) is 9.03. The molecule has 0 unspecified atom stereocenters. The maximum Gasteiger partial charge on any atom is 0.159 e. The number of ketones is 1. The summed E-state index contributed by atoms with van der Waals surface area (Å²) < 4.78 is 5.79.